The highest BCUT2D eigenvalue weighted by molar-refractivity contribution is 8.01. The Hall–Kier alpha value is -1.58. The number of para-hydroxylation sites is 1. The van der Waals surface area contributed by atoms with Crippen molar-refractivity contribution in [1.82, 2.24) is 10.2 Å². The number of nitrogens with one attached hydrogen (secondary N) is 1. The highest BCUT2D eigenvalue weighted by Gasteiger charge is 2.10. The van der Waals surface area contributed by atoms with E-state index in [1.807, 2.05) is 25.1 Å². The number of nitrogens with zero attached hydrogens (tertiary/aromatic N) is 2. The number of carbonyl (C=O) groups is 2. The standard InChI is InChI=1S/C13H14N4O2S3/c1-8-16-17-13(22-8)21-7-12(19)15-9-4-2-3-5-10(9)20-6-11(14)18/h2-5H,6-7H2,1H3,(H2,14,18)(H,15,19). The molecule has 2 aromatic rings. The third kappa shape index (κ3) is 5.32. The average molecular weight is 354 g/mol. The maximum Gasteiger partial charge on any atom is 0.234 e. The van der Waals surface area contributed by atoms with Crippen LogP contribution < -0.4 is 11.1 Å². The Balaban J connectivity index is 1.91. The number of thioether (sulfide) groups is 2. The zero-order chi connectivity index (χ0) is 15.9. The number of aromatic nitrogens is 2. The summed E-state index contributed by atoms with van der Waals surface area (Å²) in [5.41, 5.74) is 5.82. The third-order valence-corrected chi connectivity index (χ3v) is 5.43. The molecule has 1 aromatic carbocycles. The second-order valence-electron chi connectivity index (χ2n) is 4.17. The van der Waals surface area contributed by atoms with Gasteiger partial charge in [0.15, 0.2) is 4.34 Å². The average Bonchev–Trinajstić information content (AvgIpc) is 2.90. The van der Waals surface area contributed by atoms with Crippen LogP contribution in [0.2, 0.25) is 0 Å². The SMILES string of the molecule is Cc1nnc(SCC(=O)Nc2ccccc2SCC(N)=O)s1. The molecule has 0 aliphatic heterocycles. The molecule has 6 nitrogen and oxygen atoms in total. The number of hydrogen-bond acceptors (Lipinski definition) is 7. The van der Waals surface area contributed by atoms with Gasteiger partial charge in [-0.25, -0.2) is 0 Å². The van der Waals surface area contributed by atoms with Gasteiger partial charge in [0.25, 0.3) is 0 Å². The van der Waals surface area contributed by atoms with Crippen LogP contribution in [0.4, 0.5) is 5.69 Å². The van der Waals surface area contributed by atoms with Crippen LogP contribution in [-0.2, 0) is 9.59 Å². The van der Waals surface area contributed by atoms with Crippen molar-refractivity contribution >= 4 is 52.4 Å². The van der Waals surface area contributed by atoms with E-state index < -0.39 is 5.91 Å². The molecule has 22 heavy (non-hydrogen) atoms. The summed E-state index contributed by atoms with van der Waals surface area (Å²) >= 11 is 4.10. The Morgan fingerprint density at radius 3 is 2.68 bits per heavy atom. The van der Waals surface area contributed by atoms with Gasteiger partial charge >= 0.3 is 0 Å². The van der Waals surface area contributed by atoms with Gasteiger partial charge in [0.2, 0.25) is 11.8 Å². The molecule has 9 heteroatoms. The first kappa shape index (κ1) is 16.8. The molecule has 0 saturated carbocycles. The summed E-state index contributed by atoms with van der Waals surface area (Å²) in [4.78, 5) is 23.7. The number of carbonyl (C=O) groups excluding carboxylic acids is 2. The third-order valence-electron chi connectivity index (χ3n) is 2.37. The number of nitrogens with two attached hydrogens (primary N) is 1. The van der Waals surface area contributed by atoms with Gasteiger partial charge in [-0.05, 0) is 19.1 Å². The number of benzene rings is 1. The van der Waals surface area contributed by atoms with Gasteiger partial charge in [-0.3, -0.25) is 9.59 Å². The lowest BCUT2D eigenvalue weighted by molar-refractivity contribution is -0.115. The number of amides is 2. The van der Waals surface area contributed by atoms with Gasteiger partial charge in [-0.1, -0.05) is 35.2 Å². The highest BCUT2D eigenvalue weighted by atomic mass is 32.2. The van der Waals surface area contributed by atoms with Gasteiger partial charge in [0.1, 0.15) is 5.01 Å². The summed E-state index contributed by atoms with van der Waals surface area (Å²) in [6.45, 7) is 1.87. The molecule has 2 rings (SSSR count). The minimum atomic E-state index is -0.395. The molecule has 0 saturated heterocycles. The van der Waals surface area contributed by atoms with E-state index in [4.69, 9.17) is 5.73 Å². The summed E-state index contributed by atoms with van der Waals surface area (Å²) < 4.78 is 0.768. The summed E-state index contributed by atoms with van der Waals surface area (Å²) in [6.07, 6.45) is 0. The topological polar surface area (TPSA) is 98.0 Å². The number of aryl methyl sites for hydroxylation is 1. The second kappa shape index (κ2) is 8.16. The Morgan fingerprint density at radius 1 is 1.23 bits per heavy atom. The zero-order valence-corrected chi connectivity index (χ0v) is 14.2. The first-order valence-corrected chi connectivity index (χ1v) is 9.06. The Morgan fingerprint density at radius 2 is 2.00 bits per heavy atom. The van der Waals surface area contributed by atoms with E-state index in [2.05, 4.69) is 15.5 Å². The lowest BCUT2D eigenvalue weighted by Gasteiger charge is -2.09. The number of primary amides is 1. The molecule has 0 fully saturated rings. The van der Waals surface area contributed by atoms with Crippen molar-refractivity contribution < 1.29 is 9.59 Å². The molecule has 1 heterocycles. The van der Waals surface area contributed by atoms with Crippen molar-refractivity contribution in [3.63, 3.8) is 0 Å². The molecule has 0 bridgehead atoms. The maximum atomic E-state index is 12.0. The fourth-order valence-corrected chi connectivity index (χ4v) is 3.86. The Bertz CT molecular complexity index is 675. The highest BCUT2D eigenvalue weighted by Crippen LogP contribution is 2.27. The van der Waals surface area contributed by atoms with E-state index in [1.54, 1.807) is 6.07 Å². The molecule has 0 atom stereocenters. The summed E-state index contributed by atoms with van der Waals surface area (Å²) in [6, 6.07) is 7.30. The molecule has 0 aliphatic rings. The number of hydrogen-bond donors (Lipinski definition) is 2. The van der Waals surface area contributed by atoms with Crippen molar-refractivity contribution in [2.24, 2.45) is 5.73 Å². The van der Waals surface area contributed by atoms with Crippen LogP contribution in [-0.4, -0.2) is 33.5 Å². The van der Waals surface area contributed by atoms with Gasteiger partial charge in [0.05, 0.1) is 17.2 Å². The van der Waals surface area contributed by atoms with Gasteiger partial charge in [-0.15, -0.1) is 22.0 Å². The lowest BCUT2D eigenvalue weighted by atomic mass is 10.3. The zero-order valence-electron chi connectivity index (χ0n) is 11.7. The Kier molecular flexibility index (Phi) is 6.22. The molecule has 2 amide bonds. The minimum Gasteiger partial charge on any atom is -0.369 e. The van der Waals surface area contributed by atoms with Gasteiger partial charge < -0.3 is 11.1 Å². The fraction of sp³-hybridized carbons (Fsp3) is 0.231. The number of anilines is 1. The largest absolute Gasteiger partial charge is 0.369 e. The predicted octanol–water partition coefficient (Wildman–Crippen LogP) is 2.15. The van der Waals surface area contributed by atoms with Crippen LogP contribution >= 0.6 is 34.9 Å². The quantitative estimate of drug-likeness (QED) is 0.739. The minimum absolute atomic E-state index is 0.134. The van der Waals surface area contributed by atoms with E-state index in [0.717, 1.165) is 14.2 Å². The summed E-state index contributed by atoms with van der Waals surface area (Å²) in [5, 5.41) is 11.6. The molecule has 0 radical (unpaired) electrons. The smallest absolute Gasteiger partial charge is 0.234 e. The van der Waals surface area contributed by atoms with E-state index in [1.165, 1.54) is 34.9 Å². The lowest BCUT2D eigenvalue weighted by Crippen LogP contribution is -2.15. The molecule has 116 valence electrons. The van der Waals surface area contributed by atoms with Gasteiger partial charge in [-0.2, -0.15) is 0 Å². The van der Waals surface area contributed by atoms with Gasteiger partial charge in [0, 0.05) is 4.90 Å². The fourth-order valence-electron chi connectivity index (χ4n) is 1.49. The summed E-state index contributed by atoms with van der Waals surface area (Å²) in [5.74, 6) is -0.104. The maximum absolute atomic E-state index is 12.0. The molecule has 0 aliphatic carbocycles. The van der Waals surface area contributed by atoms with Crippen LogP contribution in [0.3, 0.4) is 0 Å². The van der Waals surface area contributed by atoms with Crippen molar-refractivity contribution in [3.8, 4) is 0 Å². The van der Waals surface area contributed by atoms with Crippen molar-refractivity contribution in [2.45, 2.75) is 16.2 Å². The number of rotatable bonds is 7. The van der Waals surface area contributed by atoms with E-state index in [9.17, 15) is 9.59 Å². The van der Waals surface area contributed by atoms with Crippen molar-refractivity contribution in [2.75, 3.05) is 16.8 Å². The molecular weight excluding hydrogens is 340 g/mol. The van der Waals surface area contributed by atoms with Crippen LogP contribution in [0.15, 0.2) is 33.5 Å². The first-order chi connectivity index (χ1) is 10.5. The van der Waals surface area contributed by atoms with E-state index >= 15 is 0 Å². The van der Waals surface area contributed by atoms with Crippen LogP contribution in [0.1, 0.15) is 5.01 Å². The molecular formula is C13H14N4O2S3. The van der Waals surface area contributed by atoms with E-state index in [0.29, 0.717) is 5.69 Å². The normalized spacial score (nSPS) is 10.4. The van der Waals surface area contributed by atoms with Crippen LogP contribution in [0.5, 0.6) is 0 Å². The molecule has 3 N–H and O–H groups in total. The summed E-state index contributed by atoms with van der Waals surface area (Å²) in [7, 11) is 0. The van der Waals surface area contributed by atoms with E-state index in [-0.39, 0.29) is 17.4 Å². The monoisotopic (exact) mass is 354 g/mol. The molecule has 1 aromatic heterocycles. The van der Waals surface area contributed by atoms with Crippen LogP contribution in [0, 0.1) is 6.92 Å². The molecule has 0 spiro atoms. The van der Waals surface area contributed by atoms with Crippen LogP contribution in [0.25, 0.3) is 0 Å². The van der Waals surface area contributed by atoms with Crippen molar-refractivity contribution in [3.05, 3.63) is 29.3 Å². The predicted molar refractivity (Wildman–Crippen MR) is 90.4 cm³/mol. The first-order valence-electron chi connectivity index (χ1n) is 6.27. The Labute approximate surface area is 140 Å². The van der Waals surface area contributed by atoms with Crippen molar-refractivity contribution in [1.29, 1.82) is 0 Å². The molecule has 0 unspecified atom stereocenters. The second-order valence-corrected chi connectivity index (χ2v) is 7.60.